The number of carbonyl (C=O) groups excluding carboxylic acids is 2. The minimum Gasteiger partial charge on any atom is -0.507 e. The molecule has 0 radical (unpaired) electrons. The third-order valence-electron chi connectivity index (χ3n) is 6.37. The number of furan rings is 1. The minimum atomic E-state index is -0.724. The Morgan fingerprint density at radius 2 is 1.91 bits per heavy atom. The number of Topliss-reactive ketones (excluding diaryl/α,β-unsaturated/α-hetero) is 1. The SMILES string of the molecule is CCOc1ccc(/C(O)=C2/C(=O)C(=O)N(C3CCCC3)C2c2ccco2)cc1C(C)(C)C. The number of rotatable bonds is 5. The van der Waals surface area contributed by atoms with Crippen LogP contribution in [-0.2, 0) is 15.0 Å². The number of benzene rings is 1. The van der Waals surface area contributed by atoms with Gasteiger partial charge in [0, 0.05) is 17.2 Å². The molecule has 1 aliphatic heterocycles. The Hall–Kier alpha value is -3.02. The minimum absolute atomic E-state index is 0.0303. The zero-order valence-electron chi connectivity index (χ0n) is 19.2. The molecule has 1 atom stereocenters. The monoisotopic (exact) mass is 437 g/mol. The van der Waals surface area contributed by atoms with E-state index in [1.165, 1.54) is 6.26 Å². The number of aliphatic hydroxyl groups is 1. The molecule has 1 aromatic carbocycles. The van der Waals surface area contributed by atoms with E-state index in [-0.39, 0.29) is 22.8 Å². The fourth-order valence-electron chi connectivity index (χ4n) is 4.84. The van der Waals surface area contributed by atoms with Crippen LogP contribution in [0.25, 0.3) is 5.76 Å². The number of carbonyl (C=O) groups is 2. The molecule has 4 rings (SSSR count). The van der Waals surface area contributed by atoms with Gasteiger partial charge in [-0.05, 0) is 55.5 Å². The van der Waals surface area contributed by atoms with Crippen molar-refractivity contribution in [3.8, 4) is 5.75 Å². The average Bonchev–Trinajstić information content (AvgIpc) is 3.49. The van der Waals surface area contributed by atoms with Gasteiger partial charge >= 0.3 is 0 Å². The van der Waals surface area contributed by atoms with Gasteiger partial charge in [0.15, 0.2) is 0 Å². The zero-order valence-corrected chi connectivity index (χ0v) is 19.2. The molecule has 6 nitrogen and oxygen atoms in total. The number of nitrogens with zero attached hydrogens (tertiary/aromatic N) is 1. The predicted octanol–water partition coefficient (Wildman–Crippen LogP) is 5.34. The maximum absolute atomic E-state index is 13.2. The van der Waals surface area contributed by atoms with Crippen LogP contribution in [0.4, 0.5) is 0 Å². The summed E-state index contributed by atoms with van der Waals surface area (Å²) in [5, 5.41) is 11.3. The molecule has 2 fully saturated rings. The molecule has 1 aromatic heterocycles. The molecule has 32 heavy (non-hydrogen) atoms. The van der Waals surface area contributed by atoms with Crippen molar-refractivity contribution >= 4 is 17.4 Å². The molecule has 1 saturated carbocycles. The summed E-state index contributed by atoms with van der Waals surface area (Å²) in [4.78, 5) is 27.9. The van der Waals surface area contributed by atoms with Gasteiger partial charge in [0.1, 0.15) is 23.3 Å². The van der Waals surface area contributed by atoms with Crippen molar-refractivity contribution in [1.29, 1.82) is 0 Å². The Labute approximate surface area is 188 Å². The van der Waals surface area contributed by atoms with Crippen LogP contribution in [-0.4, -0.2) is 34.3 Å². The highest BCUT2D eigenvalue weighted by molar-refractivity contribution is 6.46. The fourth-order valence-corrected chi connectivity index (χ4v) is 4.84. The van der Waals surface area contributed by atoms with Gasteiger partial charge in [-0.2, -0.15) is 0 Å². The number of likely N-dealkylation sites (tertiary alicyclic amines) is 1. The van der Waals surface area contributed by atoms with Crippen molar-refractivity contribution in [2.75, 3.05) is 6.61 Å². The first kappa shape index (κ1) is 22.2. The Kier molecular flexibility index (Phi) is 5.89. The van der Waals surface area contributed by atoms with E-state index < -0.39 is 17.7 Å². The molecule has 1 N–H and O–H groups in total. The molecule has 0 bridgehead atoms. The van der Waals surface area contributed by atoms with Gasteiger partial charge in [-0.3, -0.25) is 9.59 Å². The molecule has 2 aliphatic rings. The summed E-state index contributed by atoms with van der Waals surface area (Å²) in [6, 6.07) is 8.13. The van der Waals surface area contributed by atoms with Crippen LogP contribution in [0, 0.1) is 0 Å². The highest BCUT2D eigenvalue weighted by Crippen LogP contribution is 2.44. The first-order chi connectivity index (χ1) is 15.2. The highest BCUT2D eigenvalue weighted by Gasteiger charge is 2.50. The van der Waals surface area contributed by atoms with E-state index in [2.05, 4.69) is 20.8 Å². The van der Waals surface area contributed by atoms with Crippen molar-refractivity contribution in [3.63, 3.8) is 0 Å². The van der Waals surface area contributed by atoms with E-state index in [9.17, 15) is 14.7 Å². The molecule has 1 unspecified atom stereocenters. The van der Waals surface area contributed by atoms with Crippen LogP contribution in [0.2, 0.25) is 0 Å². The van der Waals surface area contributed by atoms with Crippen LogP contribution in [0.5, 0.6) is 5.75 Å². The van der Waals surface area contributed by atoms with Gasteiger partial charge < -0.3 is 19.2 Å². The standard InChI is InChI=1S/C26H31NO5/c1-5-31-19-13-12-16(15-18(19)26(2,3)4)23(28)21-22(20-11-8-14-32-20)27(25(30)24(21)29)17-9-6-7-10-17/h8,11-15,17,22,28H,5-7,9-10H2,1-4H3/b23-21-. The van der Waals surface area contributed by atoms with Crippen LogP contribution in [0.3, 0.4) is 0 Å². The van der Waals surface area contributed by atoms with Gasteiger partial charge in [-0.15, -0.1) is 0 Å². The number of hydrogen-bond donors (Lipinski definition) is 1. The van der Waals surface area contributed by atoms with E-state index in [0.717, 1.165) is 37.0 Å². The first-order valence-corrected chi connectivity index (χ1v) is 11.3. The van der Waals surface area contributed by atoms with E-state index in [4.69, 9.17) is 9.15 Å². The van der Waals surface area contributed by atoms with E-state index >= 15 is 0 Å². The van der Waals surface area contributed by atoms with Gasteiger partial charge in [-0.1, -0.05) is 33.6 Å². The number of aliphatic hydroxyl groups excluding tert-OH is 1. The zero-order chi connectivity index (χ0) is 23.0. The molecule has 1 amide bonds. The molecule has 0 spiro atoms. The molecule has 6 heteroatoms. The summed E-state index contributed by atoms with van der Waals surface area (Å²) >= 11 is 0. The van der Waals surface area contributed by atoms with Gasteiger partial charge in [0.25, 0.3) is 11.7 Å². The van der Waals surface area contributed by atoms with Crippen molar-refractivity contribution in [2.45, 2.75) is 70.9 Å². The number of hydrogen-bond acceptors (Lipinski definition) is 5. The van der Waals surface area contributed by atoms with Gasteiger partial charge in [0.2, 0.25) is 0 Å². The second kappa shape index (κ2) is 8.49. The lowest BCUT2D eigenvalue weighted by Gasteiger charge is -2.29. The first-order valence-electron chi connectivity index (χ1n) is 11.3. The largest absolute Gasteiger partial charge is 0.507 e. The Morgan fingerprint density at radius 3 is 2.50 bits per heavy atom. The Morgan fingerprint density at radius 1 is 1.19 bits per heavy atom. The number of ketones is 1. The van der Waals surface area contributed by atoms with Crippen molar-refractivity contribution < 1.29 is 23.8 Å². The second-order valence-corrected chi connectivity index (χ2v) is 9.55. The van der Waals surface area contributed by atoms with Gasteiger partial charge in [-0.25, -0.2) is 0 Å². The normalized spacial score (nSPS) is 21.5. The fraction of sp³-hybridized carbons (Fsp3) is 0.462. The van der Waals surface area contributed by atoms with Crippen LogP contribution >= 0.6 is 0 Å². The molecule has 1 aliphatic carbocycles. The summed E-state index contributed by atoms with van der Waals surface area (Å²) in [5.41, 5.74) is 1.25. The lowest BCUT2D eigenvalue weighted by atomic mass is 9.84. The molecule has 170 valence electrons. The quantitative estimate of drug-likeness (QED) is 0.388. The number of amides is 1. The summed E-state index contributed by atoms with van der Waals surface area (Å²) < 4.78 is 11.4. The van der Waals surface area contributed by atoms with E-state index in [0.29, 0.717) is 17.9 Å². The van der Waals surface area contributed by atoms with Crippen molar-refractivity contribution in [2.24, 2.45) is 0 Å². The third-order valence-corrected chi connectivity index (χ3v) is 6.37. The number of ether oxygens (including phenoxy) is 1. The maximum atomic E-state index is 13.2. The van der Waals surface area contributed by atoms with Gasteiger partial charge in [0.05, 0.1) is 18.4 Å². The van der Waals surface area contributed by atoms with Crippen molar-refractivity contribution in [1.82, 2.24) is 4.90 Å². The highest BCUT2D eigenvalue weighted by atomic mass is 16.5. The second-order valence-electron chi connectivity index (χ2n) is 9.55. The maximum Gasteiger partial charge on any atom is 0.296 e. The molecular weight excluding hydrogens is 406 g/mol. The molecule has 2 heterocycles. The lowest BCUT2D eigenvalue weighted by molar-refractivity contribution is -0.141. The smallest absolute Gasteiger partial charge is 0.296 e. The summed E-state index contributed by atoms with van der Waals surface area (Å²) in [5.74, 6) is -0.187. The van der Waals surface area contributed by atoms with Crippen molar-refractivity contribution in [3.05, 3.63) is 59.1 Å². The molecule has 2 aromatic rings. The summed E-state index contributed by atoms with van der Waals surface area (Å²) in [6.07, 6.45) is 5.26. The summed E-state index contributed by atoms with van der Waals surface area (Å²) in [6.45, 7) is 8.65. The van der Waals surface area contributed by atoms with Crippen LogP contribution in [0.15, 0.2) is 46.6 Å². The average molecular weight is 438 g/mol. The topological polar surface area (TPSA) is 80.0 Å². The van der Waals surface area contributed by atoms with Crippen LogP contribution < -0.4 is 4.74 Å². The Bertz CT molecular complexity index is 1040. The molecule has 1 saturated heterocycles. The third kappa shape index (κ3) is 3.83. The van der Waals surface area contributed by atoms with E-state index in [1.54, 1.807) is 23.1 Å². The summed E-state index contributed by atoms with van der Waals surface area (Å²) in [7, 11) is 0. The lowest BCUT2D eigenvalue weighted by Crippen LogP contribution is -2.37. The predicted molar refractivity (Wildman–Crippen MR) is 121 cm³/mol. The molecular formula is C26H31NO5. The Balaban J connectivity index is 1.86. The van der Waals surface area contributed by atoms with E-state index in [1.807, 2.05) is 19.1 Å². The van der Waals surface area contributed by atoms with Crippen LogP contribution in [0.1, 0.15) is 76.3 Å².